The van der Waals surface area contributed by atoms with Crippen molar-refractivity contribution in [3.05, 3.63) is 66.9 Å². The summed E-state index contributed by atoms with van der Waals surface area (Å²) in [6.45, 7) is 2.02. The molecule has 0 aliphatic rings. The lowest BCUT2D eigenvalue weighted by atomic mass is 10.2. The molecule has 0 fully saturated rings. The molecule has 0 aliphatic carbocycles. The maximum absolute atomic E-state index is 13.4. The first-order valence-corrected chi connectivity index (χ1v) is 9.05. The Labute approximate surface area is 131 Å². The summed E-state index contributed by atoms with van der Waals surface area (Å²) in [5.74, 6) is 1.09. The van der Waals surface area contributed by atoms with Gasteiger partial charge in [0.25, 0.3) is 0 Å². The lowest BCUT2D eigenvalue weighted by Gasteiger charge is -2.10. The fourth-order valence-corrected chi connectivity index (χ4v) is 4.44. The highest BCUT2D eigenvalue weighted by atomic mass is 32.2. The summed E-state index contributed by atoms with van der Waals surface area (Å²) in [5.41, 5.74) is 0. The second kappa shape index (κ2) is 6.28. The first-order chi connectivity index (χ1) is 10.7. The Hall–Kier alpha value is -2.20. The molecule has 22 heavy (non-hydrogen) atoms. The van der Waals surface area contributed by atoms with Crippen LogP contribution in [0.25, 0.3) is 10.8 Å². The summed E-state index contributed by atoms with van der Waals surface area (Å²) in [6.07, 6.45) is 2.53. The van der Waals surface area contributed by atoms with E-state index < -0.39 is 9.73 Å². The Balaban J connectivity index is 2.24. The van der Waals surface area contributed by atoms with Gasteiger partial charge in [-0.3, -0.25) is 0 Å². The highest BCUT2D eigenvalue weighted by molar-refractivity contribution is 7.93. The molecule has 1 aromatic heterocycles. The van der Waals surface area contributed by atoms with Gasteiger partial charge < -0.3 is 0 Å². The van der Waals surface area contributed by atoms with Gasteiger partial charge in [-0.05, 0) is 30.0 Å². The van der Waals surface area contributed by atoms with Crippen LogP contribution in [0.2, 0.25) is 0 Å². The zero-order chi connectivity index (χ0) is 15.4. The van der Waals surface area contributed by atoms with Gasteiger partial charge in [-0.1, -0.05) is 49.4 Å². The Morgan fingerprint density at radius 2 is 1.73 bits per heavy atom. The third-order valence-electron chi connectivity index (χ3n) is 3.48. The number of nitrogens with zero attached hydrogens (tertiary/aromatic N) is 2. The molecule has 1 atom stereocenters. The van der Waals surface area contributed by atoms with Crippen LogP contribution in [0.4, 0.5) is 5.82 Å². The molecule has 0 aliphatic heterocycles. The van der Waals surface area contributed by atoms with E-state index in [4.69, 9.17) is 0 Å². The molecule has 0 amide bonds. The summed E-state index contributed by atoms with van der Waals surface area (Å²) >= 11 is 0. The summed E-state index contributed by atoms with van der Waals surface area (Å²) in [6, 6.07) is 19.3. The first-order valence-electron chi connectivity index (χ1n) is 7.36. The minimum absolute atomic E-state index is 0.530. The van der Waals surface area contributed by atoms with Gasteiger partial charge in [0.05, 0.1) is 9.73 Å². The van der Waals surface area contributed by atoms with Crippen molar-refractivity contribution in [2.75, 3.05) is 5.75 Å². The fourth-order valence-electron chi connectivity index (χ4n) is 2.44. The number of pyridine rings is 1. The molecule has 0 spiro atoms. The lowest BCUT2D eigenvalue weighted by molar-refractivity contribution is 0.675. The van der Waals surface area contributed by atoms with Gasteiger partial charge in [-0.25, -0.2) is 9.19 Å². The van der Waals surface area contributed by atoms with E-state index in [0.717, 1.165) is 22.1 Å². The van der Waals surface area contributed by atoms with Crippen LogP contribution in [0, 0.1) is 0 Å². The second-order valence-corrected chi connectivity index (χ2v) is 7.45. The van der Waals surface area contributed by atoms with E-state index in [9.17, 15) is 4.21 Å². The number of aromatic nitrogens is 1. The third kappa shape index (κ3) is 2.88. The van der Waals surface area contributed by atoms with E-state index >= 15 is 0 Å². The predicted molar refractivity (Wildman–Crippen MR) is 91.8 cm³/mol. The maximum Gasteiger partial charge on any atom is 0.169 e. The van der Waals surface area contributed by atoms with Crippen LogP contribution in [0.1, 0.15) is 13.3 Å². The molecule has 3 aromatic rings. The maximum atomic E-state index is 13.4. The smallest absolute Gasteiger partial charge is 0.169 e. The Bertz CT molecular complexity index is 892. The van der Waals surface area contributed by atoms with E-state index in [1.807, 2.05) is 67.6 Å². The highest BCUT2D eigenvalue weighted by Gasteiger charge is 2.13. The van der Waals surface area contributed by atoms with E-state index in [-0.39, 0.29) is 0 Å². The van der Waals surface area contributed by atoms with Gasteiger partial charge in [0.2, 0.25) is 0 Å². The van der Waals surface area contributed by atoms with Crippen LogP contribution in [0.5, 0.6) is 0 Å². The van der Waals surface area contributed by atoms with E-state index in [1.165, 1.54) is 0 Å². The second-order valence-electron chi connectivity index (χ2n) is 5.10. The zero-order valence-electron chi connectivity index (χ0n) is 12.5. The first kappa shape index (κ1) is 14.7. The number of hydrogen-bond donors (Lipinski definition) is 0. The topological polar surface area (TPSA) is 42.3 Å². The number of hydrogen-bond acceptors (Lipinski definition) is 3. The van der Waals surface area contributed by atoms with Crippen LogP contribution in [-0.2, 0) is 9.73 Å². The monoisotopic (exact) mass is 310 g/mol. The van der Waals surface area contributed by atoms with Crippen molar-refractivity contribution in [2.45, 2.75) is 18.2 Å². The fraction of sp³-hybridized carbons (Fsp3) is 0.167. The standard InChI is InChI=1S/C18H18N2OS/c1-2-14-22(21,16-9-4-3-5-10-16)20-18-17-11-7-6-8-15(17)12-13-19-18/h3-13H,2,14H2,1H3. The molecule has 2 aromatic carbocycles. The Morgan fingerprint density at radius 3 is 2.50 bits per heavy atom. The molecule has 112 valence electrons. The molecule has 0 N–H and O–H groups in total. The van der Waals surface area contributed by atoms with E-state index in [2.05, 4.69) is 9.35 Å². The SMILES string of the molecule is CCCS(=O)(=Nc1nccc2ccccc12)c1ccccc1. The van der Waals surface area contributed by atoms with Crippen LogP contribution < -0.4 is 0 Å². The summed E-state index contributed by atoms with van der Waals surface area (Å²) in [7, 11) is -2.50. The van der Waals surface area contributed by atoms with Gasteiger partial charge in [-0.2, -0.15) is 4.36 Å². The van der Waals surface area contributed by atoms with Gasteiger partial charge in [0.15, 0.2) is 5.82 Å². The molecule has 4 heteroatoms. The quantitative estimate of drug-likeness (QED) is 0.694. The molecular weight excluding hydrogens is 292 g/mol. The van der Waals surface area contributed by atoms with Crippen LogP contribution in [0.15, 0.2) is 76.1 Å². The van der Waals surface area contributed by atoms with Crippen molar-refractivity contribution in [1.29, 1.82) is 0 Å². The Kier molecular flexibility index (Phi) is 4.20. The molecule has 0 saturated heterocycles. The minimum Gasteiger partial charge on any atom is -0.244 e. The summed E-state index contributed by atoms with van der Waals surface area (Å²) in [4.78, 5) is 5.12. The zero-order valence-corrected chi connectivity index (χ0v) is 13.3. The molecule has 3 rings (SSSR count). The molecule has 1 heterocycles. The van der Waals surface area contributed by atoms with Crippen LogP contribution >= 0.6 is 0 Å². The van der Waals surface area contributed by atoms with Gasteiger partial charge in [0, 0.05) is 22.2 Å². The van der Waals surface area contributed by atoms with E-state index in [0.29, 0.717) is 11.6 Å². The summed E-state index contributed by atoms with van der Waals surface area (Å²) < 4.78 is 18.0. The molecule has 3 nitrogen and oxygen atoms in total. The normalized spacial score (nSPS) is 13.7. The van der Waals surface area contributed by atoms with Gasteiger partial charge in [-0.15, -0.1) is 0 Å². The third-order valence-corrected chi connectivity index (χ3v) is 5.92. The molecule has 1 unspecified atom stereocenters. The minimum atomic E-state index is -2.50. The van der Waals surface area contributed by atoms with Crippen molar-refractivity contribution >= 4 is 26.3 Å². The molecule has 0 radical (unpaired) electrons. The Morgan fingerprint density at radius 1 is 1.00 bits per heavy atom. The van der Waals surface area contributed by atoms with E-state index in [1.54, 1.807) is 6.20 Å². The van der Waals surface area contributed by atoms with Gasteiger partial charge in [0.1, 0.15) is 0 Å². The molecule has 0 saturated carbocycles. The molecular formula is C18H18N2OS. The van der Waals surface area contributed by atoms with Crippen molar-refractivity contribution in [3.8, 4) is 0 Å². The highest BCUT2D eigenvalue weighted by Crippen LogP contribution is 2.27. The van der Waals surface area contributed by atoms with Crippen LogP contribution in [0.3, 0.4) is 0 Å². The summed E-state index contributed by atoms with van der Waals surface area (Å²) in [5, 5.41) is 1.99. The largest absolute Gasteiger partial charge is 0.244 e. The van der Waals surface area contributed by atoms with Crippen LogP contribution in [-0.4, -0.2) is 14.9 Å². The average Bonchev–Trinajstić information content (AvgIpc) is 2.56. The van der Waals surface area contributed by atoms with Crippen molar-refractivity contribution in [1.82, 2.24) is 4.98 Å². The predicted octanol–water partition coefficient (Wildman–Crippen LogP) is 4.80. The van der Waals surface area contributed by atoms with Crippen molar-refractivity contribution < 1.29 is 4.21 Å². The molecule has 0 bridgehead atoms. The number of rotatable bonds is 4. The van der Waals surface area contributed by atoms with Gasteiger partial charge >= 0.3 is 0 Å². The number of fused-ring (bicyclic) bond motifs is 1. The average molecular weight is 310 g/mol. The lowest BCUT2D eigenvalue weighted by Crippen LogP contribution is -2.05. The van der Waals surface area contributed by atoms with Crippen molar-refractivity contribution in [2.24, 2.45) is 4.36 Å². The van der Waals surface area contributed by atoms with Crippen molar-refractivity contribution in [3.63, 3.8) is 0 Å². The number of benzene rings is 2.